The largest absolute Gasteiger partial charge is 0.391 e. The third-order valence-corrected chi connectivity index (χ3v) is 3.15. The summed E-state index contributed by atoms with van der Waals surface area (Å²) in [6, 6.07) is 0.154. The van der Waals surface area contributed by atoms with E-state index in [9.17, 15) is 5.11 Å². The first kappa shape index (κ1) is 10.7. The number of nitrogens with one attached hydrogen (secondary N) is 1. The van der Waals surface area contributed by atoms with Crippen LogP contribution in [0.15, 0.2) is 11.6 Å². The van der Waals surface area contributed by atoms with Crippen molar-refractivity contribution in [2.24, 2.45) is 11.8 Å². The average molecular weight is 183 g/mol. The Bertz CT molecular complexity index is 198. The number of likely N-dealkylation sites (N-methyl/N-ethyl adjacent to an activating group) is 1. The number of allylic oxidation sites excluding steroid dienone is 1. The van der Waals surface area contributed by atoms with Gasteiger partial charge in [-0.05, 0) is 32.2 Å². The number of hydrogen-bond donors (Lipinski definition) is 2. The molecule has 0 aromatic carbocycles. The van der Waals surface area contributed by atoms with E-state index in [1.807, 2.05) is 7.05 Å². The van der Waals surface area contributed by atoms with Crippen LogP contribution in [-0.2, 0) is 0 Å². The van der Waals surface area contributed by atoms with Crippen LogP contribution in [0.4, 0.5) is 0 Å². The maximum Gasteiger partial charge on any atom is 0.0764 e. The minimum atomic E-state index is -0.227. The molecule has 0 spiro atoms. The van der Waals surface area contributed by atoms with Gasteiger partial charge in [-0.25, -0.2) is 0 Å². The van der Waals surface area contributed by atoms with E-state index in [4.69, 9.17) is 0 Å². The molecule has 0 radical (unpaired) electrons. The Morgan fingerprint density at radius 3 is 2.62 bits per heavy atom. The molecule has 13 heavy (non-hydrogen) atoms. The van der Waals surface area contributed by atoms with Gasteiger partial charge in [0.25, 0.3) is 0 Å². The van der Waals surface area contributed by atoms with Crippen LogP contribution < -0.4 is 5.32 Å². The van der Waals surface area contributed by atoms with E-state index in [2.05, 4.69) is 32.2 Å². The molecule has 2 nitrogen and oxygen atoms in total. The second kappa shape index (κ2) is 4.25. The van der Waals surface area contributed by atoms with Crippen LogP contribution >= 0.6 is 0 Å². The Labute approximate surface area is 81.0 Å². The van der Waals surface area contributed by atoms with Gasteiger partial charge in [-0.2, -0.15) is 0 Å². The molecule has 1 aliphatic carbocycles. The molecule has 1 aliphatic rings. The van der Waals surface area contributed by atoms with E-state index in [1.54, 1.807) is 0 Å². The lowest BCUT2D eigenvalue weighted by molar-refractivity contribution is 0.0537. The molecule has 0 aromatic heterocycles. The van der Waals surface area contributed by atoms with Crippen molar-refractivity contribution in [2.45, 2.75) is 39.3 Å². The molecule has 0 aromatic rings. The van der Waals surface area contributed by atoms with Crippen LogP contribution in [0.1, 0.15) is 27.2 Å². The van der Waals surface area contributed by atoms with Crippen molar-refractivity contribution >= 4 is 0 Å². The van der Waals surface area contributed by atoms with Gasteiger partial charge in [0, 0.05) is 0 Å². The summed E-state index contributed by atoms with van der Waals surface area (Å²) in [5, 5.41) is 13.2. The van der Waals surface area contributed by atoms with Gasteiger partial charge in [0.1, 0.15) is 0 Å². The first-order valence-electron chi connectivity index (χ1n) is 5.10. The van der Waals surface area contributed by atoms with E-state index >= 15 is 0 Å². The van der Waals surface area contributed by atoms with E-state index < -0.39 is 0 Å². The molecule has 76 valence electrons. The molecule has 0 heterocycles. The predicted octanol–water partition coefficient (Wildman–Crippen LogP) is 1.56. The van der Waals surface area contributed by atoms with E-state index in [1.165, 1.54) is 5.57 Å². The van der Waals surface area contributed by atoms with Gasteiger partial charge < -0.3 is 10.4 Å². The van der Waals surface area contributed by atoms with Crippen molar-refractivity contribution in [2.75, 3.05) is 7.05 Å². The molecule has 0 unspecified atom stereocenters. The summed E-state index contributed by atoms with van der Waals surface area (Å²) in [6.45, 7) is 6.44. The van der Waals surface area contributed by atoms with Gasteiger partial charge in [-0.3, -0.25) is 0 Å². The predicted molar refractivity (Wildman–Crippen MR) is 55.6 cm³/mol. The summed E-state index contributed by atoms with van der Waals surface area (Å²) < 4.78 is 0. The highest BCUT2D eigenvalue weighted by molar-refractivity contribution is 5.16. The number of aliphatic hydroxyl groups is 1. The summed E-state index contributed by atoms with van der Waals surface area (Å²) in [4.78, 5) is 0. The normalized spacial score (nSPS) is 34.9. The Balaban J connectivity index is 2.76. The third-order valence-electron chi connectivity index (χ3n) is 3.15. The quantitative estimate of drug-likeness (QED) is 0.637. The zero-order valence-electron chi connectivity index (χ0n) is 9.04. The summed E-state index contributed by atoms with van der Waals surface area (Å²) in [5.41, 5.74) is 1.27. The fourth-order valence-electron chi connectivity index (χ4n) is 2.17. The van der Waals surface area contributed by atoms with Crippen LogP contribution in [0.25, 0.3) is 0 Å². The number of hydrogen-bond acceptors (Lipinski definition) is 2. The van der Waals surface area contributed by atoms with Crippen molar-refractivity contribution < 1.29 is 5.11 Å². The Morgan fingerprint density at radius 2 is 2.15 bits per heavy atom. The third kappa shape index (κ3) is 2.12. The standard InChI is InChI=1S/C11H21NO/c1-7(2)9-6-5-8(3)10(12-4)11(9)13/h5,7,9-13H,6H2,1-4H3/t9-,10+,11-/m1/s1. The van der Waals surface area contributed by atoms with Gasteiger partial charge in [-0.15, -0.1) is 0 Å². The van der Waals surface area contributed by atoms with Crippen molar-refractivity contribution in [1.29, 1.82) is 0 Å². The SMILES string of the molecule is CN[C@H]1C(C)=CC[C@H](C(C)C)[C@H]1O. The second-order valence-corrected chi connectivity index (χ2v) is 4.35. The van der Waals surface area contributed by atoms with E-state index in [-0.39, 0.29) is 12.1 Å². The number of rotatable bonds is 2. The lowest BCUT2D eigenvalue weighted by atomic mass is 9.78. The number of aliphatic hydroxyl groups excluding tert-OH is 1. The summed E-state index contributed by atoms with van der Waals surface area (Å²) in [5.74, 6) is 0.955. The molecule has 1 rings (SSSR count). The smallest absolute Gasteiger partial charge is 0.0764 e. The van der Waals surface area contributed by atoms with Gasteiger partial charge in [-0.1, -0.05) is 25.5 Å². The van der Waals surface area contributed by atoms with Crippen molar-refractivity contribution in [3.05, 3.63) is 11.6 Å². The Hall–Kier alpha value is -0.340. The summed E-state index contributed by atoms with van der Waals surface area (Å²) >= 11 is 0. The molecule has 0 saturated heterocycles. The highest BCUT2D eigenvalue weighted by Crippen LogP contribution is 2.29. The monoisotopic (exact) mass is 183 g/mol. The topological polar surface area (TPSA) is 32.3 Å². The molecule has 0 fully saturated rings. The van der Waals surface area contributed by atoms with Crippen molar-refractivity contribution in [1.82, 2.24) is 5.32 Å². The van der Waals surface area contributed by atoms with Gasteiger partial charge in [0.05, 0.1) is 12.1 Å². The van der Waals surface area contributed by atoms with E-state index in [0.717, 1.165) is 6.42 Å². The van der Waals surface area contributed by atoms with Crippen LogP contribution in [0.2, 0.25) is 0 Å². The highest BCUT2D eigenvalue weighted by atomic mass is 16.3. The molecular weight excluding hydrogens is 162 g/mol. The maximum atomic E-state index is 10.1. The first-order valence-corrected chi connectivity index (χ1v) is 5.10. The van der Waals surface area contributed by atoms with E-state index in [0.29, 0.717) is 11.8 Å². The van der Waals surface area contributed by atoms with Crippen molar-refractivity contribution in [3.63, 3.8) is 0 Å². The fraction of sp³-hybridized carbons (Fsp3) is 0.818. The minimum Gasteiger partial charge on any atom is -0.391 e. The Morgan fingerprint density at radius 1 is 1.54 bits per heavy atom. The molecule has 0 amide bonds. The maximum absolute atomic E-state index is 10.1. The van der Waals surface area contributed by atoms with Gasteiger partial charge >= 0.3 is 0 Å². The lowest BCUT2D eigenvalue weighted by Gasteiger charge is -2.36. The molecule has 2 heteroatoms. The molecule has 0 saturated carbocycles. The zero-order chi connectivity index (χ0) is 10.0. The van der Waals surface area contributed by atoms with Crippen LogP contribution in [0.3, 0.4) is 0 Å². The molecular formula is C11H21NO. The fourth-order valence-corrected chi connectivity index (χ4v) is 2.17. The molecule has 2 N–H and O–H groups in total. The summed E-state index contributed by atoms with van der Waals surface area (Å²) in [7, 11) is 1.91. The lowest BCUT2D eigenvalue weighted by Crippen LogP contribution is -2.46. The minimum absolute atomic E-state index is 0.154. The molecule has 0 aliphatic heterocycles. The average Bonchev–Trinajstić information content (AvgIpc) is 2.04. The molecule has 3 atom stereocenters. The van der Waals surface area contributed by atoms with Crippen LogP contribution in [-0.4, -0.2) is 24.3 Å². The zero-order valence-corrected chi connectivity index (χ0v) is 9.04. The van der Waals surface area contributed by atoms with Gasteiger partial charge in [0.15, 0.2) is 0 Å². The Kier molecular flexibility index (Phi) is 3.51. The van der Waals surface area contributed by atoms with Crippen LogP contribution in [0.5, 0.6) is 0 Å². The van der Waals surface area contributed by atoms with Gasteiger partial charge in [0.2, 0.25) is 0 Å². The highest BCUT2D eigenvalue weighted by Gasteiger charge is 2.32. The van der Waals surface area contributed by atoms with Crippen molar-refractivity contribution in [3.8, 4) is 0 Å². The molecule has 0 bridgehead atoms. The second-order valence-electron chi connectivity index (χ2n) is 4.35. The van der Waals surface area contributed by atoms with Crippen LogP contribution in [0, 0.1) is 11.8 Å². The first-order chi connectivity index (χ1) is 6.07. The summed E-state index contributed by atoms with van der Waals surface area (Å²) in [6.07, 6.45) is 3.04.